The van der Waals surface area contributed by atoms with Crippen molar-refractivity contribution >= 4 is 38.3 Å². The normalized spacial score (nSPS) is 21.3. The zero-order chi connectivity index (χ0) is 14.3. The topological polar surface area (TPSA) is 106 Å². The first kappa shape index (κ1) is 13.4. The van der Waals surface area contributed by atoms with E-state index in [1.165, 1.54) is 23.9 Å². The van der Waals surface area contributed by atoms with Crippen LogP contribution < -0.4 is 0 Å². The van der Waals surface area contributed by atoms with Crippen LogP contribution in [0.15, 0.2) is 23.4 Å². The number of sulfone groups is 1. The van der Waals surface area contributed by atoms with Gasteiger partial charge in [-0.25, -0.2) is 13.4 Å². The van der Waals surface area contributed by atoms with E-state index in [9.17, 15) is 18.5 Å². The molecule has 1 aliphatic heterocycles. The number of aromatic amines is 1. The first-order valence-corrected chi connectivity index (χ1v) is 8.64. The molecule has 7 nitrogen and oxygen atoms in total. The average Bonchev–Trinajstić information content (AvgIpc) is 2.91. The first-order chi connectivity index (χ1) is 9.43. The number of hydrogen-bond donors (Lipinski definition) is 1. The van der Waals surface area contributed by atoms with Gasteiger partial charge in [-0.05, 0) is 12.5 Å². The molecule has 3 rings (SSSR count). The molecule has 1 aromatic heterocycles. The van der Waals surface area contributed by atoms with E-state index in [2.05, 4.69) is 9.97 Å². The molecule has 1 atom stereocenters. The van der Waals surface area contributed by atoms with Gasteiger partial charge in [0.05, 0.1) is 27.5 Å². The number of rotatable bonds is 3. The van der Waals surface area contributed by atoms with Crippen LogP contribution >= 0.6 is 11.8 Å². The highest BCUT2D eigenvalue weighted by Gasteiger charge is 2.29. The van der Waals surface area contributed by atoms with Crippen molar-refractivity contribution < 1.29 is 13.3 Å². The van der Waals surface area contributed by atoms with Crippen LogP contribution in [0.5, 0.6) is 0 Å². The molecule has 0 bridgehead atoms. The summed E-state index contributed by atoms with van der Waals surface area (Å²) in [5.74, 6) is 0.380. The fourth-order valence-corrected chi connectivity index (χ4v) is 5.61. The van der Waals surface area contributed by atoms with Crippen molar-refractivity contribution in [2.75, 3.05) is 11.5 Å². The van der Waals surface area contributed by atoms with Gasteiger partial charge in [-0.2, -0.15) is 0 Å². The molecule has 1 unspecified atom stereocenters. The first-order valence-electron chi connectivity index (χ1n) is 5.94. The lowest BCUT2D eigenvalue weighted by Crippen LogP contribution is -2.06. The van der Waals surface area contributed by atoms with E-state index >= 15 is 0 Å². The molecule has 0 spiro atoms. The molecular formula is C11H11N3O4S2. The Bertz CT molecular complexity index is 784. The summed E-state index contributed by atoms with van der Waals surface area (Å²) in [5, 5.41) is 11.3. The van der Waals surface area contributed by atoms with Crippen LogP contribution in [0, 0.1) is 10.1 Å². The van der Waals surface area contributed by atoms with Crippen molar-refractivity contribution in [3.63, 3.8) is 0 Å². The lowest BCUT2D eigenvalue weighted by Gasteiger charge is -2.02. The second-order valence-corrected chi connectivity index (χ2v) is 8.16. The molecule has 0 saturated carbocycles. The van der Waals surface area contributed by atoms with Crippen LogP contribution in [-0.2, 0) is 9.84 Å². The van der Waals surface area contributed by atoms with Crippen LogP contribution in [0.1, 0.15) is 6.42 Å². The predicted molar refractivity (Wildman–Crippen MR) is 75.7 cm³/mol. The highest BCUT2D eigenvalue weighted by molar-refractivity contribution is 8.01. The summed E-state index contributed by atoms with van der Waals surface area (Å²) >= 11 is 1.38. The molecule has 1 saturated heterocycles. The van der Waals surface area contributed by atoms with Gasteiger partial charge >= 0.3 is 0 Å². The van der Waals surface area contributed by atoms with Crippen LogP contribution in [0.2, 0.25) is 0 Å². The number of H-pyrrole nitrogens is 1. The van der Waals surface area contributed by atoms with E-state index < -0.39 is 14.8 Å². The Balaban J connectivity index is 1.84. The minimum atomic E-state index is -2.92. The molecule has 1 N–H and O–H groups in total. The van der Waals surface area contributed by atoms with E-state index in [-0.39, 0.29) is 22.4 Å². The summed E-state index contributed by atoms with van der Waals surface area (Å²) in [7, 11) is -2.92. The molecule has 1 aromatic carbocycles. The fourth-order valence-electron chi connectivity index (χ4n) is 2.16. The minimum absolute atomic E-state index is 0.00106. The van der Waals surface area contributed by atoms with E-state index in [0.717, 1.165) is 0 Å². The standard InChI is InChI=1S/C11H11N3O4S2/c15-14(16)7-1-2-9-10(5-7)13-11(12-9)19-8-3-4-20(17,18)6-8/h1-2,5,8H,3-4,6H2,(H,12,13). The van der Waals surface area contributed by atoms with Crippen LogP contribution in [0.25, 0.3) is 11.0 Å². The Labute approximate surface area is 118 Å². The number of aromatic nitrogens is 2. The number of hydrogen-bond acceptors (Lipinski definition) is 6. The predicted octanol–water partition coefficient (Wildman–Crippen LogP) is 1.75. The number of thioether (sulfide) groups is 1. The molecule has 9 heteroatoms. The maximum absolute atomic E-state index is 11.4. The van der Waals surface area contributed by atoms with Gasteiger partial charge in [0, 0.05) is 17.4 Å². The van der Waals surface area contributed by atoms with E-state index in [0.29, 0.717) is 22.6 Å². The molecule has 106 valence electrons. The second-order valence-electron chi connectivity index (χ2n) is 4.64. The van der Waals surface area contributed by atoms with Crippen molar-refractivity contribution in [1.82, 2.24) is 9.97 Å². The zero-order valence-corrected chi connectivity index (χ0v) is 11.9. The number of benzene rings is 1. The van der Waals surface area contributed by atoms with Gasteiger partial charge in [-0.1, -0.05) is 11.8 Å². The maximum atomic E-state index is 11.4. The van der Waals surface area contributed by atoms with Gasteiger partial charge in [0.15, 0.2) is 15.0 Å². The molecule has 2 heterocycles. The Morgan fingerprint density at radius 3 is 2.90 bits per heavy atom. The van der Waals surface area contributed by atoms with Gasteiger partial charge in [0.25, 0.3) is 5.69 Å². The number of nitro groups is 1. The highest BCUT2D eigenvalue weighted by Crippen LogP contribution is 2.31. The van der Waals surface area contributed by atoms with E-state index in [4.69, 9.17) is 0 Å². The van der Waals surface area contributed by atoms with Crippen LogP contribution in [-0.4, -0.2) is 40.1 Å². The summed E-state index contributed by atoms with van der Waals surface area (Å²) in [6.07, 6.45) is 0.615. The molecule has 0 radical (unpaired) electrons. The van der Waals surface area contributed by atoms with Gasteiger partial charge in [0.2, 0.25) is 0 Å². The maximum Gasteiger partial charge on any atom is 0.271 e. The third kappa shape index (κ3) is 2.63. The van der Waals surface area contributed by atoms with Crippen molar-refractivity contribution in [2.24, 2.45) is 0 Å². The Morgan fingerprint density at radius 1 is 1.45 bits per heavy atom. The van der Waals surface area contributed by atoms with E-state index in [1.807, 2.05) is 0 Å². The van der Waals surface area contributed by atoms with Crippen LogP contribution in [0.4, 0.5) is 5.69 Å². The van der Waals surface area contributed by atoms with Crippen molar-refractivity contribution in [2.45, 2.75) is 16.8 Å². The lowest BCUT2D eigenvalue weighted by atomic mass is 10.3. The Kier molecular flexibility index (Phi) is 3.17. The van der Waals surface area contributed by atoms with E-state index in [1.54, 1.807) is 6.07 Å². The van der Waals surface area contributed by atoms with Gasteiger partial charge < -0.3 is 4.98 Å². The lowest BCUT2D eigenvalue weighted by molar-refractivity contribution is -0.384. The molecule has 1 fully saturated rings. The summed E-state index contributed by atoms with van der Waals surface area (Å²) in [6, 6.07) is 4.41. The third-order valence-corrected chi connectivity index (χ3v) is 6.25. The van der Waals surface area contributed by atoms with Crippen molar-refractivity contribution in [3.8, 4) is 0 Å². The molecule has 20 heavy (non-hydrogen) atoms. The SMILES string of the molecule is O=[N+]([O-])c1ccc2nc(SC3CCS(=O)(=O)C3)[nH]c2c1. The monoisotopic (exact) mass is 313 g/mol. The largest absolute Gasteiger partial charge is 0.333 e. The van der Waals surface area contributed by atoms with Crippen molar-refractivity contribution in [3.05, 3.63) is 28.3 Å². The molecule has 2 aromatic rings. The van der Waals surface area contributed by atoms with Gasteiger partial charge in [-0.3, -0.25) is 10.1 Å². The number of non-ortho nitro benzene ring substituents is 1. The summed E-state index contributed by atoms with van der Waals surface area (Å²) < 4.78 is 22.8. The summed E-state index contributed by atoms with van der Waals surface area (Å²) in [6.45, 7) is 0. The molecule has 1 aliphatic rings. The number of nitrogens with one attached hydrogen (secondary N) is 1. The number of fused-ring (bicyclic) bond motifs is 1. The molecule has 0 amide bonds. The second kappa shape index (κ2) is 4.74. The number of imidazole rings is 1. The zero-order valence-electron chi connectivity index (χ0n) is 10.3. The minimum Gasteiger partial charge on any atom is -0.333 e. The average molecular weight is 313 g/mol. The third-order valence-electron chi connectivity index (χ3n) is 3.12. The summed E-state index contributed by atoms with van der Waals surface area (Å²) in [5.41, 5.74) is 1.22. The summed E-state index contributed by atoms with van der Waals surface area (Å²) in [4.78, 5) is 17.6. The van der Waals surface area contributed by atoms with Crippen molar-refractivity contribution in [1.29, 1.82) is 0 Å². The Hall–Kier alpha value is -1.61. The van der Waals surface area contributed by atoms with Crippen LogP contribution in [0.3, 0.4) is 0 Å². The number of nitro benzene ring substituents is 1. The highest BCUT2D eigenvalue weighted by atomic mass is 32.2. The van der Waals surface area contributed by atoms with Gasteiger partial charge in [0.1, 0.15) is 0 Å². The Morgan fingerprint density at radius 2 is 2.25 bits per heavy atom. The number of nitrogens with zero attached hydrogens (tertiary/aromatic N) is 2. The van der Waals surface area contributed by atoms with Gasteiger partial charge in [-0.15, -0.1) is 0 Å². The molecule has 0 aliphatic carbocycles. The smallest absolute Gasteiger partial charge is 0.271 e. The quantitative estimate of drug-likeness (QED) is 0.683. The fraction of sp³-hybridized carbons (Fsp3) is 0.364. The molecular weight excluding hydrogens is 302 g/mol.